The van der Waals surface area contributed by atoms with E-state index in [4.69, 9.17) is 0 Å². The van der Waals surface area contributed by atoms with Crippen LogP contribution in [0.5, 0.6) is 0 Å². The minimum atomic E-state index is -3.52. The summed E-state index contributed by atoms with van der Waals surface area (Å²) in [6, 6.07) is 13.7. The number of rotatable bonds is 7. The number of hydrogen-bond acceptors (Lipinski definition) is 6. The third-order valence-corrected chi connectivity index (χ3v) is 10.7. The standard InChI is InChI=1S/C24H34N4O4S2/c1-3-25-13-17-27(18-14-25)33(29,30)23-9-5-21(6-10-23)22-7-11-24(12-8-22)34(31,32)28-19-15-26(4-2)16-20-28/h5-12H,3-4,13-20H2,1-2H3. The van der Waals surface area contributed by atoms with Gasteiger partial charge < -0.3 is 9.80 Å². The normalized spacial score (nSPS) is 19.9. The topological polar surface area (TPSA) is 81.2 Å². The van der Waals surface area contributed by atoms with Gasteiger partial charge in [0, 0.05) is 52.4 Å². The van der Waals surface area contributed by atoms with E-state index < -0.39 is 20.0 Å². The highest BCUT2D eigenvalue weighted by molar-refractivity contribution is 7.89. The molecule has 34 heavy (non-hydrogen) atoms. The van der Waals surface area contributed by atoms with Gasteiger partial charge in [0.15, 0.2) is 0 Å². The molecule has 2 aromatic rings. The van der Waals surface area contributed by atoms with E-state index in [9.17, 15) is 16.8 Å². The highest BCUT2D eigenvalue weighted by Gasteiger charge is 2.29. The second kappa shape index (κ2) is 10.4. The summed E-state index contributed by atoms with van der Waals surface area (Å²) in [6.07, 6.45) is 0. The van der Waals surface area contributed by atoms with E-state index in [1.54, 1.807) is 57.1 Å². The van der Waals surface area contributed by atoms with Crippen LogP contribution in [0.3, 0.4) is 0 Å². The Morgan fingerprint density at radius 2 is 0.824 bits per heavy atom. The summed E-state index contributed by atoms with van der Waals surface area (Å²) in [5, 5.41) is 0. The fourth-order valence-corrected chi connectivity index (χ4v) is 7.35. The van der Waals surface area contributed by atoms with E-state index in [2.05, 4.69) is 23.6 Å². The average Bonchev–Trinajstić information content (AvgIpc) is 2.89. The van der Waals surface area contributed by atoms with Gasteiger partial charge in [0.1, 0.15) is 0 Å². The molecule has 0 atom stereocenters. The monoisotopic (exact) mass is 506 g/mol. The Labute approximate surface area is 203 Å². The van der Waals surface area contributed by atoms with Crippen LogP contribution in [0.15, 0.2) is 58.3 Å². The summed E-state index contributed by atoms with van der Waals surface area (Å²) in [6.45, 7) is 11.0. The number of sulfonamides is 2. The summed E-state index contributed by atoms with van der Waals surface area (Å²) in [4.78, 5) is 5.05. The number of piperazine rings is 2. The zero-order valence-corrected chi connectivity index (χ0v) is 21.6. The molecule has 0 bridgehead atoms. The minimum absolute atomic E-state index is 0.284. The van der Waals surface area contributed by atoms with Crippen LogP contribution in [0.1, 0.15) is 13.8 Å². The zero-order chi connectivity index (χ0) is 24.3. The maximum Gasteiger partial charge on any atom is 0.243 e. The Morgan fingerprint density at radius 3 is 1.09 bits per heavy atom. The number of hydrogen-bond donors (Lipinski definition) is 0. The van der Waals surface area contributed by atoms with E-state index >= 15 is 0 Å². The minimum Gasteiger partial charge on any atom is -0.301 e. The first-order valence-electron chi connectivity index (χ1n) is 11.9. The molecule has 2 aromatic carbocycles. The van der Waals surface area contributed by atoms with Crippen LogP contribution in [0, 0.1) is 0 Å². The Bertz CT molecular complexity index is 1070. The van der Waals surface area contributed by atoms with Crippen LogP contribution >= 0.6 is 0 Å². The summed E-state index contributed by atoms with van der Waals surface area (Å²) < 4.78 is 55.1. The second-order valence-electron chi connectivity index (χ2n) is 8.73. The van der Waals surface area contributed by atoms with Crippen LogP contribution in [0.25, 0.3) is 11.1 Å². The molecule has 2 heterocycles. The molecule has 2 aliphatic heterocycles. The molecule has 0 N–H and O–H groups in total. The van der Waals surface area contributed by atoms with E-state index in [0.29, 0.717) is 26.2 Å². The van der Waals surface area contributed by atoms with Crippen molar-refractivity contribution >= 4 is 20.0 Å². The second-order valence-corrected chi connectivity index (χ2v) is 12.6. The van der Waals surface area contributed by atoms with Gasteiger partial charge in [-0.3, -0.25) is 0 Å². The van der Waals surface area contributed by atoms with Crippen molar-refractivity contribution in [2.75, 3.05) is 65.4 Å². The first kappa shape index (κ1) is 25.3. The van der Waals surface area contributed by atoms with E-state index in [1.165, 1.54) is 0 Å². The van der Waals surface area contributed by atoms with E-state index in [-0.39, 0.29) is 9.79 Å². The Balaban J connectivity index is 1.45. The summed E-state index contributed by atoms with van der Waals surface area (Å²) in [7, 11) is -7.04. The Morgan fingerprint density at radius 1 is 0.529 bits per heavy atom. The molecule has 2 fully saturated rings. The molecule has 0 unspecified atom stereocenters. The molecule has 0 aromatic heterocycles. The van der Waals surface area contributed by atoms with Gasteiger partial charge in [-0.1, -0.05) is 38.1 Å². The van der Waals surface area contributed by atoms with Crippen molar-refractivity contribution in [3.8, 4) is 11.1 Å². The SMILES string of the molecule is CCN1CCN(S(=O)(=O)c2ccc(-c3ccc(S(=O)(=O)N4CCN(CC)CC4)cc3)cc2)CC1. The van der Waals surface area contributed by atoms with Crippen LogP contribution in [0.2, 0.25) is 0 Å². The molecular weight excluding hydrogens is 472 g/mol. The lowest BCUT2D eigenvalue weighted by atomic mass is 10.1. The third kappa shape index (κ3) is 5.22. The van der Waals surface area contributed by atoms with Gasteiger partial charge in [-0.25, -0.2) is 16.8 Å². The molecule has 10 heteroatoms. The van der Waals surface area contributed by atoms with E-state index in [1.807, 2.05) is 0 Å². The highest BCUT2D eigenvalue weighted by Crippen LogP contribution is 2.26. The molecule has 0 amide bonds. The van der Waals surface area contributed by atoms with Crippen LogP contribution in [-0.2, 0) is 20.0 Å². The van der Waals surface area contributed by atoms with Gasteiger partial charge in [-0.2, -0.15) is 8.61 Å². The lowest BCUT2D eigenvalue weighted by molar-refractivity contribution is 0.196. The lowest BCUT2D eigenvalue weighted by Crippen LogP contribution is -2.48. The highest BCUT2D eigenvalue weighted by atomic mass is 32.2. The molecule has 0 spiro atoms. The maximum absolute atomic E-state index is 13.0. The Kier molecular flexibility index (Phi) is 7.75. The predicted octanol–water partition coefficient (Wildman–Crippen LogP) is 2.01. The van der Waals surface area contributed by atoms with Crippen molar-refractivity contribution in [1.29, 1.82) is 0 Å². The van der Waals surface area contributed by atoms with Crippen molar-refractivity contribution in [3.05, 3.63) is 48.5 Å². The van der Waals surface area contributed by atoms with Crippen molar-refractivity contribution in [1.82, 2.24) is 18.4 Å². The first-order valence-corrected chi connectivity index (χ1v) is 14.8. The fraction of sp³-hybridized carbons (Fsp3) is 0.500. The first-order chi connectivity index (χ1) is 16.3. The van der Waals surface area contributed by atoms with Crippen LogP contribution in [-0.4, -0.2) is 101 Å². The quantitative estimate of drug-likeness (QED) is 0.572. The van der Waals surface area contributed by atoms with Gasteiger partial charge in [0.2, 0.25) is 20.0 Å². The van der Waals surface area contributed by atoms with Crippen molar-refractivity contribution in [2.24, 2.45) is 0 Å². The third-order valence-electron chi connectivity index (χ3n) is 6.87. The van der Waals surface area contributed by atoms with Crippen LogP contribution in [0.4, 0.5) is 0 Å². The van der Waals surface area contributed by atoms with Gasteiger partial charge in [-0.15, -0.1) is 0 Å². The molecule has 4 rings (SSSR count). The molecule has 0 radical (unpaired) electrons. The fourth-order valence-electron chi connectivity index (χ4n) is 4.51. The molecule has 2 aliphatic rings. The number of benzene rings is 2. The number of nitrogens with zero attached hydrogens (tertiary/aromatic N) is 4. The molecular formula is C24H34N4O4S2. The van der Waals surface area contributed by atoms with Crippen molar-refractivity contribution in [3.63, 3.8) is 0 Å². The zero-order valence-electron chi connectivity index (χ0n) is 19.9. The van der Waals surface area contributed by atoms with Crippen LogP contribution < -0.4 is 0 Å². The molecule has 2 saturated heterocycles. The summed E-state index contributed by atoms with van der Waals surface area (Å²) in [5.74, 6) is 0. The smallest absolute Gasteiger partial charge is 0.243 e. The van der Waals surface area contributed by atoms with Crippen molar-refractivity contribution in [2.45, 2.75) is 23.6 Å². The van der Waals surface area contributed by atoms with Gasteiger partial charge in [0.25, 0.3) is 0 Å². The number of likely N-dealkylation sites (N-methyl/N-ethyl adjacent to an activating group) is 2. The predicted molar refractivity (Wildman–Crippen MR) is 134 cm³/mol. The Hall–Kier alpha value is -1.82. The van der Waals surface area contributed by atoms with Gasteiger partial charge in [0.05, 0.1) is 9.79 Å². The summed E-state index contributed by atoms with van der Waals surface area (Å²) >= 11 is 0. The lowest BCUT2D eigenvalue weighted by Gasteiger charge is -2.33. The van der Waals surface area contributed by atoms with Crippen molar-refractivity contribution < 1.29 is 16.8 Å². The van der Waals surface area contributed by atoms with E-state index in [0.717, 1.165) is 50.4 Å². The van der Waals surface area contributed by atoms with Gasteiger partial charge in [-0.05, 0) is 48.5 Å². The molecule has 8 nitrogen and oxygen atoms in total. The molecule has 186 valence electrons. The maximum atomic E-state index is 13.0. The largest absolute Gasteiger partial charge is 0.301 e. The molecule has 0 aliphatic carbocycles. The average molecular weight is 507 g/mol. The molecule has 0 saturated carbocycles. The van der Waals surface area contributed by atoms with Gasteiger partial charge >= 0.3 is 0 Å². The summed E-state index contributed by atoms with van der Waals surface area (Å²) in [5.41, 5.74) is 1.69.